The van der Waals surface area contributed by atoms with Crippen LogP contribution in [0, 0.1) is 0 Å². The van der Waals surface area contributed by atoms with E-state index in [1.54, 1.807) is 6.20 Å². The molecule has 186 valence electrons. The van der Waals surface area contributed by atoms with Crippen molar-refractivity contribution in [3.8, 4) is 11.5 Å². The monoisotopic (exact) mass is 494 g/mol. The van der Waals surface area contributed by atoms with Crippen LogP contribution in [0.15, 0.2) is 60.8 Å². The van der Waals surface area contributed by atoms with Gasteiger partial charge in [0.2, 0.25) is 0 Å². The van der Waals surface area contributed by atoms with Gasteiger partial charge in [0.25, 0.3) is 10.1 Å². The molecule has 0 saturated heterocycles. The van der Waals surface area contributed by atoms with Crippen LogP contribution in [0.3, 0.4) is 0 Å². The first-order chi connectivity index (χ1) is 16.9. The highest BCUT2D eigenvalue weighted by Crippen LogP contribution is 2.51. The Kier molecular flexibility index (Phi) is 8.08. The highest BCUT2D eigenvalue weighted by atomic mass is 32.2. The SMILES string of the molecule is CCCCc1ccc2c(c1)N(C(CCS(=O)(=O)O)c1ncccc1CCCC)c1ccccc1O2. The minimum absolute atomic E-state index is 0.196. The van der Waals surface area contributed by atoms with Crippen molar-refractivity contribution in [2.75, 3.05) is 10.7 Å². The van der Waals surface area contributed by atoms with Crippen molar-refractivity contribution >= 4 is 21.5 Å². The molecule has 1 N–H and O–H groups in total. The Morgan fingerprint density at radius 3 is 2.46 bits per heavy atom. The van der Waals surface area contributed by atoms with Crippen LogP contribution < -0.4 is 9.64 Å². The predicted molar refractivity (Wildman–Crippen MR) is 140 cm³/mol. The fourth-order valence-corrected chi connectivity index (χ4v) is 5.20. The van der Waals surface area contributed by atoms with Crippen molar-refractivity contribution in [2.45, 2.75) is 64.8 Å². The summed E-state index contributed by atoms with van der Waals surface area (Å²) in [5.41, 5.74) is 4.90. The molecule has 1 aromatic heterocycles. The van der Waals surface area contributed by atoms with Crippen LogP contribution in [0.5, 0.6) is 11.5 Å². The smallest absolute Gasteiger partial charge is 0.264 e. The standard InChI is InChI=1S/C28H34N2O4S/c1-3-5-10-21-15-16-27-25(20-21)30(23-13-7-8-14-26(23)34-27)24(17-19-35(31,32)33)28-22(11-6-4-2)12-9-18-29-28/h7-9,12-16,18,20,24H,3-6,10-11,17,19H2,1-2H3,(H,31,32,33). The molecule has 2 aromatic carbocycles. The Bertz CT molecular complexity index is 1260. The molecule has 6 nitrogen and oxygen atoms in total. The zero-order chi connectivity index (χ0) is 24.8. The maximum Gasteiger partial charge on any atom is 0.264 e. The third kappa shape index (κ3) is 6.03. The van der Waals surface area contributed by atoms with E-state index < -0.39 is 16.2 Å². The normalized spacial score (nSPS) is 13.6. The number of aryl methyl sites for hydroxylation is 2. The number of hydrogen-bond donors (Lipinski definition) is 1. The Labute approximate surface area is 208 Å². The molecule has 0 saturated carbocycles. The summed E-state index contributed by atoms with van der Waals surface area (Å²) < 4.78 is 39.7. The first-order valence-corrected chi connectivity index (χ1v) is 14.1. The third-order valence-electron chi connectivity index (χ3n) is 6.45. The van der Waals surface area contributed by atoms with E-state index in [1.807, 2.05) is 36.4 Å². The highest BCUT2D eigenvalue weighted by Gasteiger charge is 2.33. The van der Waals surface area contributed by atoms with Gasteiger partial charge < -0.3 is 9.64 Å². The number of benzene rings is 2. The van der Waals surface area contributed by atoms with Crippen molar-refractivity contribution in [2.24, 2.45) is 0 Å². The molecule has 1 unspecified atom stereocenters. The number of ether oxygens (including phenoxy) is 1. The summed E-state index contributed by atoms with van der Waals surface area (Å²) in [6, 6.07) is 17.7. The van der Waals surface area contributed by atoms with Crippen LogP contribution in [0.4, 0.5) is 11.4 Å². The molecule has 0 bridgehead atoms. The van der Waals surface area contributed by atoms with Gasteiger partial charge in [0.15, 0.2) is 11.5 Å². The maximum atomic E-state index is 11.9. The second-order valence-electron chi connectivity index (χ2n) is 9.09. The van der Waals surface area contributed by atoms with Gasteiger partial charge in [-0.1, -0.05) is 51.0 Å². The number of para-hydroxylation sites is 2. The van der Waals surface area contributed by atoms with E-state index in [-0.39, 0.29) is 12.2 Å². The van der Waals surface area contributed by atoms with Crippen molar-refractivity contribution in [1.82, 2.24) is 4.98 Å². The maximum absolute atomic E-state index is 11.9. The van der Waals surface area contributed by atoms with Crippen LogP contribution in [0.25, 0.3) is 0 Å². The van der Waals surface area contributed by atoms with Gasteiger partial charge in [0, 0.05) is 6.20 Å². The van der Waals surface area contributed by atoms with Gasteiger partial charge >= 0.3 is 0 Å². The topological polar surface area (TPSA) is 79.7 Å². The lowest BCUT2D eigenvalue weighted by atomic mass is 9.96. The number of unbranched alkanes of at least 4 members (excludes halogenated alkanes) is 2. The Hall–Kier alpha value is -2.90. The number of anilines is 2. The summed E-state index contributed by atoms with van der Waals surface area (Å²) in [6.45, 7) is 4.33. The van der Waals surface area contributed by atoms with Crippen molar-refractivity contribution in [3.05, 3.63) is 77.6 Å². The molecule has 7 heteroatoms. The largest absolute Gasteiger partial charge is 0.453 e. The van der Waals surface area contributed by atoms with Gasteiger partial charge in [0.1, 0.15) is 0 Å². The molecule has 1 aliphatic rings. The number of hydrogen-bond acceptors (Lipinski definition) is 5. The summed E-state index contributed by atoms with van der Waals surface area (Å²) >= 11 is 0. The minimum atomic E-state index is -4.16. The van der Waals surface area contributed by atoms with Crippen LogP contribution in [-0.4, -0.2) is 23.7 Å². The number of pyridine rings is 1. The highest BCUT2D eigenvalue weighted by molar-refractivity contribution is 7.85. The molecule has 0 radical (unpaired) electrons. The number of fused-ring (bicyclic) bond motifs is 2. The van der Waals surface area contributed by atoms with Crippen LogP contribution >= 0.6 is 0 Å². The third-order valence-corrected chi connectivity index (χ3v) is 7.20. The van der Waals surface area contributed by atoms with Gasteiger partial charge in [-0.15, -0.1) is 0 Å². The average Bonchev–Trinajstić information content (AvgIpc) is 2.85. The van der Waals surface area contributed by atoms with E-state index in [1.165, 1.54) is 5.56 Å². The second kappa shape index (κ2) is 11.2. The van der Waals surface area contributed by atoms with Gasteiger partial charge in [-0.2, -0.15) is 8.42 Å². The molecule has 35 heavy (non-hydrogen) atoms. The molecule has 0 spiro atoms. The number of aromatic nitrogens is 1. The first-order valence-electron chi connectivity index (χ1n) is 12.5. The van der Waals surface area contributed by atoms with E-state index in [0.29, 0.717) is 5.75 Å². The number of rotatable bonds is 11. The molecule has 0 amide bonds. The lowest BCUT2D eigenvalue weighted by molar-refractivity contribution is 0.459. The molecule has 0 aliphatic carbocycles. The van der Waals surface area contributed by atoms with E-state index >= 15 is 0 Å². The molecule has 1 aliphatic heterocycles. The zero-order valence-electron chi connectivity index (χ0n) is 20.5. The molecular formula is C28H34N2O4S. The Morgan fingerprint density at radius 2 is 1.69 bits per heavy atom. The second-order valence-corrected chi connectivity index (χ2v) is 10.7. The quantitative estimate of drug-likeness (QED) is 0.288. The predicted octanol–water partition coefficient (Wildman–Crippen LogP) is 7.03. The van der Waals surface area contributed by atoms with Gasteiger partial charge in [-0.05, 0) is 73.6 Å². The van der Waals surface area contributed by atoms with Gasteiger partial charge in [0.05, 0.1) is 28.9 Å². The van der Waals surface area contributed by atoms with Crippen LogP contribution in [-0.2, 0) is 23.0 Å². The fraction of sp³-hybridized carbons (Fsp3) is 0.393. The molecule has 0 fully saturated rings. The molecule has 1 atom stereocenters. The van der Waals surface area contributed by atoms with E-state index in [2.05, 4.69) is 36.9 Å². The molecule has 2 heterocycles. The Morgan fingerprint density at radius 1 is 0.943 bits per heavy atom. The molecule has 3 aromatic rings. The lowest BCUT2D eigenvalue weighted by Crippen LogP contribution is -2.30. The van der Waals surface area contributed by atoms with E-state index in [9.17, 15) is 13.0 Å². The fourth-order valence-electron chi connectivity index (χ4n) is 4.68. The summed E-state index contributed by atoms with van der Waals surface area (Å²) in [5, 5.41) is 0. The summed E-state index contributed by atoms with van der Waals surface area (Å²) in [7, 11) is -4.16. The van der Waals surface area contributed by atoms with Crippen LogP contribution in [0.1, 0.15) is 68.8 Å². The van der Waals surface area contributed by atoms with Gasteiger partial charge in [-0.25, -0.2) is 0 Å². The van der Waals surface area contributed by atoms with Crippen LogP contribution in [0.2, 0.25) is 0 Å². The van der Waals surface area contributed by atoms with E-state index in [4.69, 9.17) is 9.72 Å². The number of nitrogens with zero attached hydrogens (tertiary/aromatic N) is 2. The minimum Gasteiger partial charge on any atom is -0.453 e. The zero-order valence-corrected chi connectivity index (χ0v) is 21.3. The summed E-state index contributed by atoms with van der Waals surface area (Å²) in [4.78, 5) is 6.93. The Balaban J connectivity index is 1.88. The van der Waals surface area contributed by atoms with Crippen molar-refractivity contribution in [3.63, 3.8) is 0 Å². The molecular weight excluding hydrogens is 460 g/mol. The van der Waals surface area contributed by atoms with E-state index in [0.717, 1.165) is 66.9 Å². The van der Waals surface area contributed by atoms with Crippen molar-refractivity contribution < 1.29 is 17.7 Å². The first kappa shape index (κ1) is 25.2. The van der Waals surface area contributed by atoms with Crippen molar-refractivity contribution in [1.29, 1.82) is 0 Å². The summed E-state index contributed by atoms with van der Waals surface area (Å²) in [5.74, 6) is 1.09. The average molecular weight is 495 g/mol. The van der Waals surface area contributed by atoms with Gasteiger partial charge in [-0.3, -0.25) is 9.54 Å². The lowest BCUT2D eigenvalue weighted by Gasteiger charge is -2.39. The summed E-state index contributed by atoms with van der Waals surface area (Å²) in [6.07, 6.45) is 8.03. The molecule has 4 rings (SSSR count).